The van der Waals surface area contributed by atoms with Crippen LogP contribution in [0.15, 0.2) is 28.8 Å². The first-order valence-corrected chi connectivity index (χ1v) is 7.51. The Bertz CT molecular complexity index is 700. The Morgan fingerprint density at radius 1 is 1.26 bits per heavy atom. The fourth-order valence-corrected chi connectivity index (χ4v) is 2.43. The zero-order valence-electron chi connectivity index (χ0n) is 13.4. The Morgan fingerprint density at radius 3 is 2.61 bits per heavy atom. The SMILES string of the molecule is Cc1nc(CCN(C)C(=O)C2Oc3ccccc3OC2C)no1. The standard InChI is InChI=1S/C16H19N3O4/c1-10-15(22-13-7-5-4-6-12(13)21-10)16(20)19(3)9-8-14-17-11(2)23-18-14/h4-7,10,15H,8-9H2,1-3H3. The molecule has 1 aromatic carbocycles. The number of aryl methyl sites for hydroxylation is 1. The van der Waals surface area contributed by atoms with Crippen molar-refractivity contribution in [3.05, 3.63) is 36.0 Å². The van der Waals surface area contributed by atoms with Gasteiger partial charge < -0.3 is 18.9 Å². The van der Waals surface area contributed by atoms with Crippen LogP contribution in [0.1, 0.15) is 18.6 Å². The number of carbonyl (C=O) groups excluding carboxylic acids is 1. The van der Waals surface area contributed by atoms with E-state index in [-0.39, 0.29) is 12.0 Å². The lowest BCUT2D eigenvalue weighted by Crippen LogP contribution is -2.49. The summed E-state index contributed by atoms with van der Waals surface area (Å²) >= 11 is 0. The van der Waals surface area contributed by atoms with Crippen LogP contribution in [0.25, 0.3) is 0 Å². The van der Waals surface area contributed by atoms with Gasteiger partial charge in [0.2, 0.25) is 12.0 Å². The van der Waals surface area contributed by atoms with Crippen molar-refractivity contribution in [3.63, 3.8) is 0 Å². The van der Waals surface area contributed by atoms with Crippen molar-refractivity contribution in [2.75, 3.05) is 13.6 Å². The van der Waals surface area contributed by atoms with Gasteiger partial charge in [-0.05, 0) is 19.1 Å². The van der Waals surface area contributed by atoms with E-state index in [1.54, 1.807) is 24.9 Å². The van der Waals surface area contributed by atoms with E-state index in [1.165, 1.54) is 0 Å². The van der Waals surface area contributed by atoms with Crippen LogP contribution in [0.5, 0.6) is 11.5 Å². The molecule has 2 heterocycles. The summed E-state index contributed by atoms with van der Waals surface area (Å²) < 4.78 is 16.5. The van der Waals surface area contributed by atoms with Crippen LogP contribution >= 0.6 is 0 Å². The molecule has 122 valence electrons. The van der Waals surface area contributed by atoms with E-state index in [2.05, 4.69) is 10.1 Å². The molecule has 0 N–H and O–H groups in total. The van der Waals surface area contributed by atoms with Gasteiger partial charge in [-0.15, -0.1) is 0 Å². The molecule has 2 unspecified atom stereocenters. The zero-order valence-corrected chi connectivity index (χ0v) is 13.4. The highest BCUT2D eigenvalue weighted by Crippen LogP contribution is 2.33. The second kappa shape index (κ2) is 6.28. The predicted octanol–water partition coefficient (Wildman–Crippen LogP) is 1.61. The molecule has 1 aliphatic heterocycles. The van der Waals surface area contributed by atoms with Crippen molar-refractivity contribution in [1.29, 1.82) is 0 Å². The van der Waals surface area contributed by atoms with Crippen LogP contribution in [0.2, 0.25) is 0 Å². The molecule has 0 spiro atoms. The van der Waals surface area contributed by atoms with Crippen molar-refractivity contribution >= 4 is 5.91 Å². The smallest absolute Gasteiger partial charge is 0.267 e. The lowest BCUT2D eigenvalue weighted by Gasteiger charge is -2.33. The summed E-state index contributed by atoms with van der Waals surface area (Å²) in [7, 11) is 1.73. The summed E-state index contributed by atoms with van der Waals surface area (Å²) in [6.07, 6.45) is -0.493. The molecule has 7 heteroatoms. The van der Waals surface area contributed by atoms with Gasteiger partial charge in [-0.2, -0.15) is 4.98 Å². The lowest BCUT2D eigenvalue weighted by atomic mass is 10.1. The number of rotatable bonds is 4. The van der Waals surface area contributed by atoms with Gasteiger partial charge in [-0.25, -0.2) is 0 Å². The number of hydrogen-bond donors (Lipinski definition) is 0. The molecular weight excluding hydrogens is 298 g/mol. The molecular formula is C16H19N3O4. The Hall–Kier alpha value is -2.57. The minimum absolute atomic E-state index is 0.132. The highest BCUT2D eigenvalue weighted by Gasteiger charge is 2.35. The number of benzene rings is 1. The number of ether oxygens (including phenoxy) is 2. The molecule has 0 fully saturated rings. The monoisotopic (exact) mass is 317 g/mol. The van der Waals surface area contributed by atoms with E-state index in [9.17, 15) is 4.79 Å². The molecule has 7 nitrogen and oxygen atoms in total. The maximum absolute atomic E-state index is 12.6. The number of para-hydroxylation sites is 2. The minimum atomic E-state index is -0.665. The molecule has 2 atom stereocenters. The molecule has 1 aliphatic rings. The van der Waals surface area contributed by atoms with Crippen molar-refractivity contribution < 1.29 is 18.8 Å². The van der Waals surface area contributed by atoms with Gasteiger partial charge >= 0.3 is 0 Å². The molecule has 3 rings (SSSR count). The third kappa shape index (κ3) is 3.28. The van der Waals surface area contributed by atoms with Gasteiger partial charge in [0.25, 0.3) is 5.91 Å². The van der Waals surface area contributed by atoms with Crippen molar-refractivity contribution in [2.45, 2.75) is 32.5 Å². The average molecular weight is 317 g/mol. The summed E-state index contributed by atoms with van der Waals surface area (Å²) in [5, 5.41) is 3.82. The van der Waals surface area contributed by atoms with Gasteiger partial charge in [0.05, 0.1) is 0 Å². The highest BCUT2D eigenvalue weighted by molar-refractivity contribution is 5.82. The maximum atomic E-state index is 12.6. The number of amides is 1. The topological polar surface area (TPSA) is 77.7 Å². The number of likely N-dealkylation sites (N-methyl/N-ethyl adjacent to an activating group) is 1. The Kier molecular flexibility index (Phi) is 4.18. The maximum Gasteiger partial charge on any atom is 0.267 e. The largest absolute Gasteiger partial charge is 0.482 e. The Balaban J connectivity index is 1.63. The normalized spacial score (nSPS) is 19.4. The van der Waals surface area contributed by atoms with E-state index >= 15 is 0 Å². The zero-order chi connectivity index (χ0) is 16.4. The van der Waals surface area contributed by atoms with Gasteiger partial charge in [0, 0.05) is 26.9 Å². The number of nitrogens with zero attached hydrogens (tertiary/aromatic N) is 3. The summed E-state index contributed by atoms with van der Waals surface area (Å²) in [4.78, 5) is 18.3. The number of aromatic nitrogens is 2. The van der Waals surface area contributed by atoms with Gasteiger partial charge in [-0.3, -0.25) is 4.79 Å². The molecule has 0 radical (unpaired) electrons. The van der Waals surface area contributed by atoms with Crippen LogP contribution in [0, 0.1) is 6.92 Å². The van der Waals surface area contributed by atoms with Crippen LogP contribution in [0.4, 0.5) is 0 Å². The van der Waals surface area contributed by atoms with Crippen LogP contribution in [-0.2, 0) is 11.2 Å². The van der Waals surface area contributed by atoms with Gasteiger partial charge in [0.1, 0.15) is 6.10 Å². The number of fused-ring (bicyclic) bond motifs is 1. The minimum Gasteiger partial charge on any atom is -0.482 e. The van der Waals surface area contributed by atoms with E-state index in [1.807, 2.05) is 25.1 Å². The molecule has 0 saturated heterocycles. The first-order chi connectivity index (χ1) is 11.0. The fraction of sp³-hybridized carbons (Fsp3) is 0.438. The molecule has 2 aromatic rings. The predicted molar refractivity (Wildman–Crippen MR) is 81.3 cm³/mol. The van der Waals surface area contributed by atoms with E-state index in [4.69, 9.17) is 14.0 Å². The molecule has 0 bridgehead atoms. The van der Waals surface area contributed by atoms with Gasteiger partial charge in [0.15, 0.2) is 17.3 Å². The van der Waals surface area contributed by atoms with Crippen LogP contribution in [0.3, 0.4) is 0 Å². The third-order valence-corrected chi connectivity index (χ3v) is 3.70. The molecule has 1 amide bonds. The van der Waals surface area contributed by atoms with Gasteiger partial charge in [-0.1, -0.05) is 17.3 Å². The molecule has 0 aliphatic carbocycles. The number of carbonyl (C=O) groups is 1. The first kappa shape index (κ1) is 15.3. The van der Waals surface area contributed by atoms with Crippen molar-refractivity contribution in [2.24, 2.45) is 0 Å². The van der Waals surface area contributed by atoms with Crippen LogP contribution in [-0.4, -0.2) is 46.7 Å². The second-order valence-electron chi connectivity index (χ2n) is 5.55. The summed E-state index contributed by atoms with van der Waals surface area (Å²) in [5.74, 6) is 2.22. The average Bonchev–Trinajstić information content (AvgIpc) is 2.96. The third-order valence-electron chi connectivity index (χ3n) is 3.70. The molecule has 0 saturated carbocycles. The van der Waals surface area contributed by atoms with E-state index < -0.39 is 6.10 Å². The summed E-state index contributed by atoms with van der Waals surface area (Å²) in [6, 6.07) is 7.34. The highest BCUT2D eigenvalue weighted by atomic mass is 16.6. The van der Waals surface area contributed by atoms with Crippen molar-refractivity contribution in [1.82, 2.24) is 15.0 Å². The fourth-order valence-electron chi connectivity index (χ4n) is 2.43. The first-order valence-electron chi connectivity index (χ1n) is 7.51. The summed E-state index contributed by atoms with van der Waals surface area (Å²) in [5.41, 5.74) is 0. The van der Waals surface area contributed by atoms with Crippen LogP contribution < -0.4 is 9.47 Å². The van der Waals surface area contributed by atoms with Crippen molar-refractivity contribution in [3.8, 4) is 11.5 Å². The quantitative estimate of drug-likeness (QED) is 0.852. The molecule has 1 aromatic heterocycles. The van der Waals surface area contributed by atoms with E-state index in [0.717, 1.165) is 0 Å². The van der Waals surface area contributed by atoms with E-state index in [0.29, 0.717) is 36.2 Å². The number of hydrogen-bond acceptors (Lipinski definition) is 6. The Labute approximate surface area is 134 Å². The summed E-state index contributed by atoms with van der Waals surface area (Å²) in [6.45, 7) is 4.04. The Morgan fingerprint density at radius 2 is 1.96 bits per heavy atom. The lowest BCUT2D eigenvalue weighted by molar-refractivity contribution is -0.143. The molecule has 23 heavy (non-hydrogen) atoms. The second-order valence-corrected chi connectivity index (χ2v) is 5.55.